The average Bonchev–Trinajstić information content (AvgIpc) is 3.15. The summed E-state index contributed by atoms with van der Waals surface area (Å²) in [6.45, 7) is 6.60. The fourth-order valence-electron chi connectivity index (χ4n) is 4.06. The summed E-state index contributed by atoms with van der Waals surface area (Å²) in [7, 11) is 0. The van der Waals surface area contributed by atoms with E-state index in [2.05, 4.69) is 11.2 Å². The Labute approximate surface area is 199 Å². The largest absolute Gasteiger partial charge is 0.457 e. The number of anilines is 1. The quantitative estimate of drug-likeness (QED) is 0.562. The number of benzene rings is 2. The predicted molar refractivity (Wildman–Crippen MR) is 129 cm³/mol. The van der Waals surface area contributed by atoms with Crippen molar-refractivity contribution in [2.75, 3.05) is 18.8 Å². The van der Waals surface area contributed by atoms with Gasteiger partial charge in [0.25, 0.3) is 0 Å². The highest BCUT2D eigenvalue weighted by Crippen LogP contribution is 2.34. The van der Waals surface area contributed by atoms with Crippen LogP contribution >= 0.6 is 0 Å². The number of carbonyl (C=O) groups is 1. The van der Waals surface area contributed by atoms with Gasteiger partial charge in [0.1, 0.15) is 28.7 Å². The molecule has 1 atom stereocenters. The second-order valence-corrected chi connectivity index (χ2v) is 9.33. The van der Waals surface area contributed by atoms with Crippen molar-refractivity contribution < 1.29 is 14.3 Å². The van der Waals surface area contributed by atoms with Gasteiger partial charge in [0, 0.05) is 18.7 Å². The molecule has 1 aliphatic heterocycles. The first-order chi connectivity index (χ1) is 16.2. The number of aromatic nitrogens is 2. The van der Waals surface area contributed by atoms with E-state index in [0.717, 1.165) is 24.2 Å². The maximum Gasteiger partial charge on any atom is 0.410 e. The predicted octanol–water partition coefficient (Wildman–Crippen LogP) is 5.37. The van der Waals surface area contributed by atoms with Crippen LogP contribution in [0.2, 0.25) is 0 Å². The minimum Gasteiger partial charge on any atom is -0.457 e. The zero-order chi connectivity index (χ0) is 24.3. The van der Waals surface area contributed by atoms with Crippen molar-refractivity contribution in [3.8, 4) is 28.8 Å². The Morgan fingerprint density at radius 3 is 2.44 bits per heavy atom. The third-order valence-corrected chi connectivity index (χ3v) is 5.55. The third-order valence-electron chi connectivity index (χ3n) is 5.55. The topological polar surface area (TPSA) is 106 Å². The van der Waals surface area contributed by atoms with E-state index in [0.29, 0.717) is 30.1 Å². The lowest BCUT2D eigenvalue weighted by atomic mass is 10.0. The summed E-state index contributed by atoms with van der Waals surface area (Å²) in [6, 6.07) is 19.1. The van der Waals surface area contributed by atoms with Crippen LogP contribution in [0.3, 0.4) is 0 Å². The molecule has 2 N–H and O–H groups in total. The smallest absolute Gasteiger partial charge is 0.410 e. The molecule has 8 heteroatoms. The molecule has 1 unspecified atom stereocenters. The number of amides is 1. The van der Waals surface area contributed by atoms with Crippen LogP contribution in [0.25, 0.3) is 11.3 Å². The lowest BCUT2D eigenvalue weighted by molar-refractivity contribution is 0.0168. The highest BCUT2D eigenvalue weighted by atomic mass is 16.6. The molecule has 34 heavy (non-hydrogen) atoms. The van der Waals surface area contributed by atoms with Crippen molar-refractivity contribution in [2.45, 2.75) is 45.3 Å². The summed E-state index contributed by atoms with van der Waals surface area (Å²) >= 11 is 0. The molecule has 4 rings (SSSR count). The number of ether oxygens (including phenoxy) is 2. The van der Waals surface area contributed by atoms with E-state index in [-0.39, 0.29) is 18.0 Å². The zero-order valence-corrected chi connectivity index (χ0v) is 19.7. The minimum absolute atomic E-state index is 0.124. The van der Waals surface area contributed by atoms with Gasteiger partial charge in [-0.2, -0.15) is 10.4 Å². The normalized spacial score (nSPS) is 16.1. The lowest BCUT2D eigenvalue weighted by Gasteiger charge is -2.34. The first-order valence-electron chi connectivity index (χ1n) is 11.3. The maximum atomic E-state index is 12.6. The third kappa shape index (κ3) is 5.15. The summed E-state index contributed by atoms with van der Waals surface area (Å²) in [5.41, 5.74) is 7.32. The SMILES string of the molecule is CC(C)(C)OC(=O)N1CCCC(n2nc(N)c(C#N)c2-c2ccc(Oc3ccccc3)cc2)C1. The van der Waals surface area contributed by atoms with Gasteiger partial charge in [-0.15, -0.1) is 0 Å². The number of carbonyl (C=O) groups excluding carboxylic acids is 1. The highest BCUT2D eigenvalue weighted by Gasteiger charge is 2.31. The molecule has 0 spiro atoms. The molecule has 1 aromatic heterocycles. The first kappa shape index (κ1) is 23.2. The van der Waals surface area contributed by atoms with Crippen molar-refractivity contribution in [1.29, 1.82) is 5.26 Å². The van der Waals surface area contributed by atoms with Gasteiger partial charge in [-0.3, -0.25) is 4.68 Å². The summed E-state index contributed by atoms with van der Waals surface area (Å²) in [4.78, 5) is 14.3. The Kier molecular flexibility index (Phi) is 6.46. The highest BCUT2D eigenvalue weighted by molar-refractivity contribution is 5.73. The molecule has 1 amide bonds. The molecule has 1 fully saturated rings. The van der Waals surface area contributed by atoms with Crippen molar-refractivity contribution in [1.82, 2.24) is 14.7 Å². The van der Waals surface area contributed by atoms with E-state index in [1.165, 1.54) is 0 Å². The molecule has 0 radical (unpaired) electrons. The maximum absolute atomic E-state index is 12.6. The molecule has 1 saturated heterocycles. The monoisotopic (exact) mass is 459 g/mol. The van der Waals surface area contributed by atoms with E-state index in [1.807, 2.05) is 75.4 Å². The van der Waals surface area contributed by atoms with Crippen LogP contribution in [0.1, 0.15) is 45.2 Å². The molecule has 8 nitrogen and oxygen atoms in total. The van der Waals surface area contributed by atoms with Gasteiger partial charge >= 0.3 is 6.09 Å². The Morgan fingerprint density at radius 1 is 1.12 bits per heavy atom. The van der Waals surface area contributed by atoms with Crippen molar-refractivity contribution in [3.63, 3.8) is 0 Å². The van der Waals surface area contributed by atoms with Crippen LogP contribution in [-0.4, -0.2) is 39.5 Å². The fraction of sp³-hybridized carbons (Fsp3) is 0.346. The molecule has 0 saturated carbocycles. The summed E-state index contributed by atoms with van der Waals surface area (Å²) in [5.74, 6) is 1.60. The molecule has 3 aromatic rings. The molecule has 2 heterocycles. The molecule has 176 valence electrons. The Bertz CT molecular complexity index is 1190. The van der Waals surface area contributed by atoms with Crippen LogP contribution in [0, 0.1) is 11.3 Å². The van der Waals surface area contributed by atoms with Crippen LogP contribution in [0.15, 0.2) is 54.6 Å². The van der Waals surface area contributed by atoms with Gasteiger partial charge in [-0.05, 0) is 70.0 Å². The molecule has 0 bridgehead atoms. The van der Waals surface area contributed by atoms with Gasteiger partial charge in [0.2, 0.25) is 0 Å². The fourth-order valence-corrected chi connectivity index (χ4v) is 4.06. The van der Waals surface area contributed by atoms with Gasteiger partial charge in [-0.1, -0.05) is 18.2 Å². The number of nitrogens with zero attached hydrogens (tertiary/aromatic N) is 4. The number of nitriles is 1. The summed E-state index contributed by atoms with van der Waals surface area (Å²) in [5, 5.41) is 14.3. The number of hydrogen-bond acceptors (Lipinski definition) is 6. The van der Waals surface area contributed by atoms with Crippen LogP contribution in [0.5, 0.6) is 11.5 Å². The second kappa shape index (κ2) is 9.48. The van der Waals surface area contributed by atoms with E-state index < -0.39 is 5.60 Å². The second-order valence-electron chi connectivity index (χ2n) is 9.33. The summed E-state index contributed by atoms with van der Waals surface area (Å²) < 4.78 is 13.2. The number of hydrogen-bond donors (Lipinski definition) is 1. The molecule has 2 aromatic carbocycles. The van der Waals surface area contributed by atoms with Crippen LogP contribution in [0.4, 0.5) is 10.6 Å². The van der Waals surface area contributed by atoms with Crippen LogP contribution < -0.4 is 10.5 Å². The number of piperidine rings is 1. The van der Waals surface area contributed by atoms with Gasteiger partial charge < -0.3 is 20.1 Å². The van der Waals surface area contributed by atoms with Gasteiger partial charge in [-0.25, -0.2) is 4.79 Å². The standard InChI is InChI=1S/C26H29N5O3/c1-26(2,3)34-25(32)30-15-7-8-19(17-30)31-23(22(16-27)24(28)29-31)18-11-13-21(14-12-18)33-20-9-5-4-6-10-20/h4-6,9-14,19H,7-8,15,17H2,1-3H3,(H2,28,29). The number of rotatable bonds is 4. The first-order valence-corrected chi connectivity index (χ1v) is 11.3. The van der Waals surface area contributed by atoms with E-state index in [4.69, 9.17) is 15.2 Å². The molecule has 0 aliphatic carbocycles. The molecular formula is C26H29N5O3. The van der Waals surface area contributed by atoms with Gasteiger partial charge in [0.15, 0.2) is 5.82 Å². The number of nitrogen functional groups attached to an aromatic ring is 1. The minimum atomic E-state index is -0.567. The lowest BCUT2D eigenvalue weighted by Crippen LogP contribution is -2.43. The molecular weight excluding hydrogens is 430 g/mol. The van der Waals surface area contributed by atoms with Crippen molar-refractivity contribution in [3.05, 3.63) is 60.2 Å². The molecule has 1 aliphatic rings. The van der Waals surface area contributed by atoms with Crippen molar-refractivity contribution in [2.24, 2.45) is 0 Å². The van der Waals surface area contributed by atoms with Crippen molar-refractivity contribution >= 4 is 11.9 Å². The Morgan fingerprint density at radius 2 is 1.79 bits per heavy atom. The van der Waals surface area contributed by atoms with E-state index >= 15 is 0 Å². The van der Waals surface area contributed by atoms with E-state index in [9.17, 15) is 10.1 Å². The number of likely N-dealkylation sites (tertiary alicyclic amines) is 1. The van der Waals surface area contributed by atoms with Crippen LogP contribution in [-0.2, 0) is 4.74 Å². The number of nitrogens with two attached hydrogens (primary N) is 1. The summed E-state index contributed by atoms with van der Waals surface area (Å²) in [6.07, 6.45) is 1.27. The zero-order valence-electron chi connectivity index (χ0n) is 19.7. The number of para-hydroxylation sites is 1. The Hall–Kier alpha value is -3.99. The van der Waals surface area contributed by atoms with E-state index in [1.54, 1.807) is 9.58 Å². The average molecular weight is 460 g/mol. The van der Waals surface area contributed by atoms with Gasteiger partial charge in [0.05, 0.1) is 11.7 Å². The Balaban J connectivity index is 1.61.